The fraction of sp³-hybridized carbons (Fsp3) is 0.524. The summed E-state index contributed by atoms with van der Waals surface area (Å²) in [5.41, 5.74) is 2.41. The number of imidazole rings is 1. The third kappa shape index (κ3) is 3.93. The molecule has 0 radical (unpaired) electrons. The molecule has 7 heteroatoms. The van der Waals surface area contributed by atoms with Crippen molar-refractivity contribution >= 4 is 11.8 Å². The van der Waals surface area contributed by atoms with E-state index in [0.717, 1.165) is 50.2 Å². The summed E-state index contributed by atoms with van der Waals surface area (Å²) in [6.07, 6.45) is 7.70. The van der Waals surface area contributed by atoms with Crippen LogP contribution in [-0.4, -0.2) is 62.7 Å². The van der Waals surface area contributed by atoms with E-state index in [4.69, 9.17) is 0 Å². The fourth-order valence-corrected chi connectivity index (χ4v) is 4.52. The standard InChI is InChI=1S/C21H27N5O2/c1-16-4-2-5-18(24-16)20(28)26-10-3-8-21(14-26)9-6-19(27)25(13-21)11-7-17-12-22-15-23-17/h2,4-5,12,15H,3,6-11,13-14H2,1H3,(H,22,23)/t21-/m1/s1. The predicted molar refractivity (Wildman–Crippen MR) is 105 cm³/mol. The first-order valence-corrected chi connectivity index (χ1v) is 10.0. The zero-order valence-electron chi connectivity index (χ0n) is 16.4. The molecule has 2 aromatic rings. The maximum atomic E-state index is 13.0. The molecule has 0 aliphatic carbocycles. The first-order chi connectivity index (χ1) is 13.5. The van der Waals surface area contributed by atoms with Gasteiger partial charge in [-0.3, -0.25) is 9.59 Å². The van der Waals surface area contributed by atoms with Crippen LogP contribution < -0.4 is 0 Å². The van der Waals surface area contributed by atoms with Crippen molar-refractivity contribution in [2.24, 2.45) is 5.41 Å². The van der Waals surface area contributed by atoms with E-state index in [9.17, 15) is 9.59 Å². The summed E-state index contributed by atoms with van der Waals surface area (Å²) in [7, 11) is 0. The largest absolute Gasteiger partial charge is 0.348 e. The number of carbonyl (C=O) groups is 2. The Kier molecular flexibility index (Phi) is 5.15. The number of H-pyrrole nitrogens is 1. The molecular weight excluding hydrogens is 354 g/mol. The third-order valence-electron chi connectivity index (χ3n) is 6.01. The Balaban J connectivity index is 1.44. The van der Waals surface area contributed by atoms with Crippen molar-refractivity contribution < 1.29 is 9.59 Å². The minimum Gasteiger partial charge on any atom is -0.348 e. The van der Waals surface area contributed by atoms with Crippen LogP contribution in [0.5, 0.6) is 0 Å². The van der Waals surface area contributed by atoms with E-state index in [2.05, 4.69) is 15.0 Å². The van der Waals surface area contributed by atoms with Crippen LogP contribution in [0.2, 0.25) is 0 Å². The predicted octanol–water partition coefficient (Wildman–Crippen LogP) is 2.20. The normalized spacial score (nSPS) is 22.7. The topological polar surface area (TPSA) is 82.2 Å². The number of hydrogen-bond acceptors (Lipinski definition) is 4. The van der Waals surface area contributed by atoms with Gasteiger partial charge >= 0.3 is 0 Å². The molecule has 7 nitrogen and oxygen atoms in total. The molecule has 4 heterocycles. The van der Waals surface area contributed by atoms with Crippen LogP contribution >= 0.6 is 0 Å². The maximum absolute atomic E-state index is 13.0. The number of nitrogens with one attached hydrogen (secondary N) is 1. The molecule has 2 amide bonds. The highest BCUT2D eigenvalue weighted by Gasteiger charge is 2.42. The zero-order valence-corrected chi connectivity index (χ0v) is 16.4. The van der Waals surface area contributed by atoms with Gasteiger partial charge in [-0.2, -0.15) is 0 Å². The average Bonchev–Trinajstić information content (AvgIpc) is 3.22. The van der Waals surface area contributed by atoms with E-state index in [1.807, 2.05) is 28.9 Å². The summed E-state index contributed by atoms with van der Waals surface area (Å²) in [4.78, 5) is 40.9. The molecule has 0 unspecified atom stereocenters. The van der Waals surface area contributed by atoms with Crippen LogP contribution in [0.4, 0.5) is 0 Å². The Morgan fingerprint density at radius 2 is 2.18 bits per heavy atom. The summed E-state index contributed by atoms with van der Waals surface area (Å²) in [6.45, 7) is 4.79. The molecular formula is C21H27N5O2. The monoisotopic (exact) mass is 381 g/mol. The molecule has 1 atom stereocenters. The molecule has 0 aromatic carbocycles. The number of likely N-dealkylation sites (tertiary alicyclic amines) is 2. The number of pyridine rings is 1. The minimum absolute atomic E-state index is 0.000367. The Bertz CT molecular complexity index is 850. The number of piperidine rings is 2. The van der Waals surface area contributed by atoms with Crippen molar-refractivity contribution in [1.82, 2.24) is 24.8 Å². The van der Waals surface area contributed by atoms with Crippen LogP contribution in [0.3, 0.4) is 0 Å². The molecule has 1 N–H and O–H groups in total. The third-order valence-corrected chi connectivity index (χ3v) is 6.01. The van der Waals surface area contributed by atoms with Gasteiger partial charge in [0.25, 0.3) is 5.91 Å². The lowest BCUT2D eigenvalue weighted by Gasteiger charge is -2.48. The highest BCUT2D eigenvalue weighted by molar-refractivity contribution is 5.92. The first kappa shape index (κ1) is 18.7. The van der Waals surface area contributed by atoms with E-state index in [0.29, 0.717) is 25.2 Å². The van der Waals surface area contributed by atoms with E-state index in [1.54, 1.807) is 18.6 Å². The van der Waals surface area contributed by atoms with Crippen molar-refractivity contribution in [2.45, 2.75) is 39.0 Å². The summed E-state index contributed by atoms with van der Waals surface area (Å²) in [6, 6.07) is 5.57. The van der Waals surface area contributed by atoms with Gasteiger partial charge in [0, 0.05) is 62.0 Å². The highest BCUT2D eigenvalue weighted by Crippen LogP contribution is 2.39. The van der Waals surface area contributed by atoms with Crippen LogP contribution in [0, 0.1) is 12.3 Å². The molecule has 2 fully saturated rings. The number of aromatic amines is 1. The summed E-state index contributed by atoms with van der Waals surface area (Å²) >= 11 is 0. The zero-order chi connectivity index (χ0) is 19.6. The average molecular weight is 381 g/mol. The van der Waals surface area contributed by atoms with Crippen LogP contribution in [0.1, 0.15) is 47.6 Å². The SMILES string of the molecule is Cc1cccc(C(=O)N2CCC[C@]3(CCC(=O)N(CCc4cnc[nH]4)C3)C2)n1. The minimum atomic E-state index is -0.000367. The van der Waals surface area contributed by atoms with Crippen LogP contribution in [0.25, 0.3) is 0 Å². The number of aryl methyl sites for hydroxylation is 1. The van der Waals surface area contributed by atoms with Crippen LogP contribution in [0.15, 0.2) is 30.7 Å². The second kappa shape index (κ2) is 7.73. The first-order valence-electron chi connectivity index (χ1n) is 10.0. The van der Waals surface area contributed by atoms with E-state index >= 15 is 0 Å². The van der Waals surface area contributed by atoms with Gasteiger partial charge in [-0.15, -0.1) is 0 Å². The Morgan fingerprint density at radius 3 is 2.96 bits per heavy atom. The lowest BCUT2D eigenvalue weighted by atomic mass is 9.73. The van der Waals surface area contributed by atoms with E-state index < -0.39 is 0 Å². The number of nitrogens with zero attached hydrogens (tertiary/aromatic N) is 4. The van der Waals surface area contributed by atoms with Crippen molar-refractivity contribution in [1.29, 1.82) is 0 Å². The molecule has 2 aliphatic rings. The number of carbonyl (C=O) groups excluding carboxylic acids is 2. The lowest BCUT2D eigenvalue weighted by molar-refractivity contribution is -0.138. The lowest BCUT2D eigenvalue weighted by Crippen LogP contribution is -2.55. The Morgan fingerprint density at radius 1 is 1.29 bits per heavy atom. The van der Waals surface area contributed by atoms with Gasteiger partial charge in [-0.25, -0.2) is 9.97 Å². The van der Waals surface area contributed by atoms with Gasteiger partial charge in [0.05, 0.1) is 6.33 Å². The number of rotatable bonds is 4. The van der Waals surface area contributed by atoms with Crippen molar-refractivity contribution in [2.75, 3.05) is 26.2 Å². The Labute approximate surface area is 165 Å². The number of amides is 2. The molecule has 148 valence electrons. The van der Waals surface area contributed by atoms with Gasteiger partial charge in [-0.1, -0.05) is 6.07 Å². The second-order valence-corrected chi connectivity index (χ2v) is 8.14. The second-order valence-electron chi connectivity index (χ2n) is 8.14. The molecule has 2 aliphatic heterocycles. The van der Waals surface area contributed by atoms with Crippen LogP contribution in [-0.2, 0) is 11.2 Å². The molecule has 28 heavy (non-hydrogen) atoms. The molecule has 1 spiro atoms. The number of aromatic nitrogens is 3. The maximum Gasteiger partial charge on any atom is 0.272 e. The molecule has 2 saturated heterocycles. The number of hydrogen-bond donors (Lipinski definition) is 1. The van der Waals surface area contributed by atoms with Gasteiger partial charge in [-0.05, 0) is 38.3 Å². The highest BCUT2D eigenvalue weighted by atomic mass is 16.2. The smallest absolute Gasteiger partial charge is 0.272 e. The molecule has 4 rings (SSSR count). The van der Waals surface area contributed by atoms with Crippen molar-refractivity contribution in [3.63, 3.8) is 0 Å². The van der Waals surface area contributed by atoms with E-state index in [-0.39, 0.29) is 17.2 Å². The Hall–Kier alpha value is -2.70. The van der Waals surface area contributed by atoms with Crippen molar-refractivity contribution in [3.8, 4) is 0 Å². The van der Waals surface area contributed by atoms with Gasteiger partial charge in [0.15, 0.2) is 0 Å². The van der Waals surface area contributed by atoms with E-state index in [1.165, 1.54) is 0 Å². The summed E-state index contributed by atoms with van der Waals surface area (Å²) < 4.78 is 0. The van der Waals surface area contributed by atoms with Gasteiger partial charge in [0.1, 0.15) is 5.69 Å². The van der Waals surface area contributed by atoms with Gasteiger partial charge < -0.3 is 14.8 Å². The molecule has 0 bridgehead atoms. The van der Waals surface area contributed by atoms with Crippen molar-refractivity contribution in [3.05, 3.63) is 47.8 Å². The summed E-state index contributed by atoms with van der Waals surface area (Å²) in [5, 5.41) is 0. The fourth-order valence-electron chi connectivity index (χ4n) is 4.52. The van der Waals surface area contributed by atoms with Gasteiger partial charge in [0.2, 0.25) is 5.91 Å². The molecule has 0 saturated carbocycles. The quantitative estimate of drug-likeness (QED) is 0.880. The summed E-state index contributed by atoms with van der Waals surface area (Å²) in [5.74, 6) is 0.220. The molecule has 2 aromatic heterocycles.